The minimum Gasteiger partial charge on any atom is -0.481 e. The van der Waals surface area contributed by atoms with Gasteiger partial charge in [-0.1, -0.05) is 30.7 Å². The molecule has 0 bridgehead atoms. The fraction of sp³-hybridized carbons (Fsp3) is 0.381. The largest absolute Gasteiger partial charge is 0.481 e. The van der Waals surface area contributed by atoms with Gasteiger partial charge < -0.3 is 10.1 Å². The average molecular weight is 358 g/mol. The third-order valence-corrected chi connectivity index (χ3v) is 5.20. The van der Waals surface area contributed by atoms with E-state index in [9.17, 15) is 4.79 Å². The lowest BCUT2D eigenvalue weighted by molar-refractivity contribution is -0.122. The number of ether oxygens (including phenoxy) is 1. The van der Waals surface area contributed by atoms with Crippen LogP contribution >= 0.6 is 11.6 Å². The second-order valence-corrected chi connectivity index (χ2v) is 6.96. The molecule has 3 rings (SSSR count). The number of rotatable bonds is 5. The zero-order chi connectivity index (χ0) is 17.8. The minimum atomic E-state index is -0.528. The van der Waals surface area contributed by atoms with E-state index >= 15 is 0 Å². The summed E-state index contributed by atoms with van der Waals surface area (Å²) >= 11 is 6.13. The van der Waals surface area contributed by atoms with Crippen LogP contribution in [0.4, 0.5) is 5.69 Å². The number of carbonyl (C=O) groups excluding carboxylic acids is 1. The second kappa shape index (κ2) is 7.92. The molecule has 4 heteroatoms. The van der Waals surface area contributed by atoms with Gasteiger partial charge in [-0.2, -0.15) is 0 Å². The summed E-state index contributed by atoms with van der Waals surface area (Å²) in [4.78, 5) is 12.6. The summed E-state index contributed by atoms with van der Waals surface area (Å²) in [5, 5.41) is 3.58. The highest BCUT2D eigenvalue weighted by molar-refractivity contribution is 6.31. The number of hydrogen-bond acceptors (Lipinski definition) is 2. The van der Waals surface area contributed by atoms with Crippen molar-refractivity contribution in [3.8, 4) is 5.75 Å². The van der Waals surface area contributed by atoms with Crippen molar-refractivity contribution in [2.45, 2.75) is 52.1 Å². The number of benzene rings is 2. The van der Waals surface area contributed by atoms with Crippen LogP contribution in [0.2, 0.25) is 5.02 Å². The van der Waals surface area contributed by atoms with Crippen molar-refractivity contribution in [1.29, 1.82) is 0 Å². The van der Waals surface area contributed by atoms with Crippen molar-refractivity contribution in [1.82, 2.24) is 0 Å². The molecule has 0 spiro atoms. The van der Waals surface area contributed by atoms with Gasteiger partial charge in [-0.25, -0.2) is 0 Å². The van der Waals surface area contributed by atoms with E-state index in [1.165, 1.54) is 24.0 Å². The lowest BCUT2D eigenvalue weighted by Gasteiger charge is -2.21. The summed E-state index contributed by atoms with van der Waals surface area (Å²) in [7, 11) is 0. The lowest BCUT2D eigenvalue weighted by Crippen LogP contribution is -2.32. The molecule has 0 radical (unpaired) electrons. The van der Waals surface area contributed by atoms with Gasteiger partial charge in [0.1, 0.15) is 5.75 Å². The summed E-state index contributed by atoms with van der Waals surface area (Å²) in [6.07, 6.45) is 4.79. The quantitative estimate of drug-likeness (QED) is 0.786. The van der Waals surface area contributed by atoms with Crippen LogP contribution in [0.5, 0.6) is 5.75 Å². The molecule has 0 saturated heterocycles. The van der Waals surface area contributed by atoms with Gasteiger partial charge in [0.2, 0.25) is 0 Å². The molecule has 25 heavy (non-hydrogen) atoms. The average Bonchev–Trinajstić information content (AvgIpc) is 2.63. The number of fused-ring (bicyclic) bond motifs is 1. The zero-order valence-corrected chi connectivity index (χ0v) is 15.5. The van der Waals surface area contributed by atoms with E-state index in [0.29, 0.717) is 11.4 Å². The summed E-state index contributed by atoms with van der Waals surface area (Å²) in [6, 6.07) is 11.7. The number of hydrogen-bond donors (Lipinski definition) is 1. The molecule has 2 aromatic carbocycles. The molecule has 0 aliphatic heterocycles. The normalized spacial score (nSPS) is 14.5. The van der Waals surface area contributed by atoms with Crippen LogP contribution in [0.1, 0.15) is 42.9 Å². The molecule has 1 N–H and O–H groups in total. The molecular formula is C21H24ClNO2. The van der Waals surface area contributed by atoms with E-state index in [4.69, 9.17) is 16.3 Å². The summed E-state index contributed by atoms with van der Waals surface area (Å²) in [5.74, 6) is 0.621. The predicted molar refractivity (Wildman–Crippen MR) is 103 cm³/mol. The fourth-order valence-corrected chi connectivity index (χ4v) is 3.40. The second-order valence-electron chi connectivity index (χ2n) is 6.55. The number of halogens is 1. The highest BCUT2D eigenvalue weighted by Gasteiger charge is 2.20. The van der Waals surface area contributed by atoms with Gasteiger partial charge in [-0.05, 0) is 80.0 Å². The number of anilines is 1. The van der Waals surface area contributed by atoms with E-state index in [0.717, 1.165) is 29.8 Å². The Labute approximate surface area is 154 Å². The molecule has 1 aliphatic rings. The van der Waals surface area contributed by atoms with Crippen LogP contribution in [-0.4, -0.2) is 12.0 Å². The maximum absolute atomic E-state index is 12.6. The van der Waals surface area contributed by atoms with Crippen LogP contribution < -0.4 is 10.1 Å². The maximum atomic E-state index is 12.6. The van der Waals surface area contributed by atoms with Crippen molar-refractivity contribution in [2.24, 2.45) is 0 Å². The Hall–Kier alpha value is -2.00. The molecule has 0 aromatic heterocycles. The van der Waals surface area contributed by atoms with Gasteiger partial charge in [0.25, 0.3) is 5.91 Å². The Morgan fingerprint density at radius 3 is 2.72 bits per heavy atom. The van der Waals surface area contributed by atoms with Gasteiger partial charge in [-0.3, -0.25) is 4.79 Å². The number of nitrogens with one attached hydrogen (secondary N) is 1. The molecule has 132 valence electrons. The van der Waals surface area contributed by atoms with Crippen molar-refractivity contribution in [3.63, 3.8) is 0 Å². The van der Waals surface area contributed by atoms with Crippen LogP contribution in [0.15, 0.2) is 36.4 Å². The van der Waals surface area contributed by atoms with Gasteiger partial charge in [0.15, 0.2) is 6.10 Å². The third-order valence-electron chi connectivity index (χ3n) is 4.79. The van der Waals surface area contributed by atoms with Crippen molar-refractivity contribution in [3.05, 3.63) is 58.1 Å². The van der Waals surface area contributed by atoms with Gasteiger partial charge >= 0.3 is 0 Å². The zero-order valence-electron chi connectivity index (χ0n) is 14.8. The van der Waals surface area contributed by atoms with Crippen LogP contribution in [0.25, 0.3) is 0 Å². The lowest BCUT2D eigenvalue weighted by atomic mass is 9.92. The minimum absolute atomic E-state index is 0.148. The van der Waals surface area contributed by atoms with E-state index in [-0.39, 0.29) is 5.91 Å². The highest BCUT2D eigenvalue weighted by Crippen LogP contribution is 2.27. The van der Waals surface area contributed by atoms with Crippen LogP contribution in [-0.2, 0) is 17.6 Å². The summed E-state index contributed by atoms with van der Waals surface area (Å²) in [6.45, 7) is 3.84. The molecule has 3 nitrogen and oxygen atoms in total. The first-order valence-electron chi connectivity index (χ1n) is 8.93. The highest BCUT2D eigenvalue weighted by atomic mass is 35.5. The number of aryl methyl sites for hydroxylation is 2. The van der Waals surface area contributed by atoms with Crippen molar-refractivity contribution >= 4 is 23.2 Å². The van der Waals surface area contributed by atoms with Gasteiger partial charge in [-0.15, -0.1) is 0 Å². The van der Waals surface area contributed by atoms with Crippen LogP contribution in [0.3, 0.4) is 0 Å². The first kappa shape index (κ1) is 17.8. The molecule has 1 amide bonds. The molecular weight excluding hydrogens is 334 g/mol. The Morgan fingerprint density at radius 2 is 1.96 bits per heavy atom. The van der Waals surface area contributed by atoms with E-state index in [1.807, 2.05) is 38.1 Å². The smallest absolute Gasteiger partial charge is 0.265 e. The van der Waals surface area contributed by atoms with E-state index in [1.54, 1.807) is 0 Å². The Kier molecular flexibility index (Phi) is 5.64. The molecule has 2 aromatic rings. The Bertz CT molecular complexity index is 772. The first-order chi connectivity index (χ1) is 12.1. The monoisotopic (exact) mass is 357 g/mol. The summed E-state index contributed by atoms with van der Waals surface area (Å²) < 4.78 is 5.99. The summed E-state index contributed by atoms with van der Waals surface area (Å²) in [5.41, 5.74) is 4.35. The maximum Gasteiger partial charge on any atom is 0.265 e. The molecule has 0 heterocycles. The molecule has 0 fully saturated rings. The van der Waals surface area contributed by atoms with E-state index in [2.05, 4.69) is 17.4 Å². The standard InChI is InChI=1S/C21H24ClNO2/c1-3-20(21(24)23-19-10-6-9-18(22)14(19)2)25-17-12-11-15-7-4-5-8-16(15)13-17/h6,9-13,20H,3-5,7-8H2,1-2H3,(H,23,24)/t20-/m1/s1. The first-order valence-corrected chi connectivity index (χ1v) is 9.30. The number of carbonyl (C=O) groups is 1. The third kappa shape index (κ3) is 4.16. The van der Waals surface area contributed by atoms with Gasteiger partial charge in [0, 0.05) is 10.7 Å². The topological polar surface area (TPSA) is 38.3 Å². The molecule has 0 unspecified atom stereocenters. The predicted octanol–water partition coefficient (Wildman–Crippen LogP) is 5.32. The SMILES string of the molecule is CC[C@@H](Oc1ccc2c(c1)CCCC2)C(=O)Nc1cccc(Cl)c1C. The molecule has 1 aliphatic carbocycles. The van der Waals surface area contributed by atoms with E-state index < -0.39 is 6.10 Å². The number of amides is 1. The molecule has 0 saturated carbocycles. The Balaban J connectivity index is 1.71. The van der Waals surface area contributed by atoms with Gasteiger partial charge in [0.05, 0.1) is 0 Å². The van der Waals surface area contributed by atoms with Crippen LogP contribution in [0, 0.1) is 6.92 Å². The van der Waals surface area contributed by atoms with Crippen molar-refractivity contribution in [2.75, 3.05) is 5.32 Å². The molecule has 1 atom stereocenters. The Morgan fingerprint density at radius 1 is 1.20 bits per heavy atom. The van der Waals surface area contributed by atoms with Crippen molar-refractivity contribution < 1.29 is 9.53 Å². The fourth-order valence-electron chi connectivity index (χ4n) is 3.23.